The predicted octanol–water partition coefficient (Wildman–Crippen LogP) is 0.985. The van der Waals surface area contributed by atoms with Crippen LogP contribution < -0.4 is 20.7 Å². The van der Waals surface area contributed by atoms with E-state index in [2.05, 4.69) is 10.2 Å². The number of hydrogen-bond acceptors (Lipinski definition) is 4. The summed E-state index contributed by atoms with van der Waals surface area (Å²) in [4.78, 5) is 13.5. The second-order valence-electron chi connectivity index (χ2n) is 4.82. The normalized spacial score (nSPS) is 13.7. The Morgan fingerprint density at radius 3 is 2.74 bits per heavy atom. The van der Waals surface area contributed by atoms with E-state index >= 15 is 0 Å². The molecule has 1 aromatic rings. The molecule has 0 aliphatic heterocycles. The SMILES string of the molecule is CNC(C)(CCN(C)c1cccc(OC)c1)C(N)=O. The van der Waals surface area contributed by atoms with Crippen molar-refractivity contribution in [1.82, 2.24) is 5.32 Å². The second kappa shape index (κ2) is 6.43. The fourth-order valence-electron chi connectivity index (χ4n) is 1.74. The van der Waals surface area contributed by atoms with E-state index in [4.69, 9.17) is 10.5 Å². The number of carbonyl (C=O) groups excluding carboxylic acids is 1. The van der Waals surface area contributed by atoms with E-state index in [9.17, 15) is 4.79 Å². The first kappa shape index (κ1) is 15.3. The second-order valence-corrected chi connectivity index (χ2v) is 4.82. The van der Waals surface area contributed by atoms with Gasteiger partial charge in [0.25, 0.3) is 0 Å². The van der Waals surface area contributed by atoms with Crippen LogP contribution in [0.4, 0.5) is 5.69 Å². The van der Waals surface area contributed by atoms with E-state index in [0.29, 0.717) is 13.0 Å². The molecule has 0 saturated carbocycles. The quantitative estimate of drug-likeness (QED) is 0.771. The molecule has 1 unspecified atom stereocenters. The molecule has 19 heavy (non-hydrogen) atoms. The lowest BCUT2D eigenvalue weighted by atomic mass is 9.97. The van der Waals surface area contributed by atoms with Gasteiger partial charge in [0.2, 0.25) is 5.91 Å². The summed E-state index contributed by atoms with van der Waals surface area (Å²) in [5, 5.41) is 2.98. The molecule has 5 nitrogen and oxygen atoms in total. The van der Waals surface area contributed by atoms with Crippen LogP contribution >= 0.6 is 0 Å². The number of amides is 1. The van der Waals surface area contributed by atoms with Crippen molar-refractivity contribution in [3.63, 3.8) is 0 Å². The van der Waals surface area contributed by atoms with Gasteiger partial charge in [-0.15, -0.1) is 0 Å². The number of likely N-dealkylation sites (N-methyl/N-ethyl adjacent to an activating group) is 1. The lowest BCUT2D eigenvalue weighted by molar-refractivity contribution is -0.123. The average Bonchev–Trinajstić information content (AvgIpc) is 2.44. The lowest BCUT2D eigenvalue weighted by Gasteiger charge is -2.29. The van der Waals surface area contributed by atoms with Crippen LogP contribution in [-0.2, 0) is 4.79 Å². The topological polar surface area (TPSA) is 67.6 Å². The summed E-state index contributed by atoms with van der Waals surface area (Å²) in [6, 6.07) is 7.80. The molecule has 3 N–H and O–H groups in total. The van der Waals surface area contributed by atoms with Gasteiger partial charge in [0.05, 0.1) is 12.6 Å². The van der Waals surface area contributed by atoms with E-state index < -0.39 is 5.54 Å². The molecular weight excluding hydrogens is 242 g/mol. The number of methoxy groups -OCH3 is 1. The summed E-state index contributed by atoms with van der Waals surface area (Å²) in [5.74, 6) is 0.477. The summed E-state index contributed by atoms with van der Waals surface area (Å²) in [6.45, 7) is 2.53. The molecule has 0 aliphatic rings. The number of anilines is 1. The van der Waals surface area contributed by atoms with Crippen molar-refractivity contribution < 1.29 is 9.53 Å². The minimum atomic E-state index is -0.687. The van der Waals surface area contributed by atoms with Gasteiger partial charge in [-0.05, 0) is 32.5 Å². The number of nitrogens with one attached hydrogen (secondary N) is 1. The van der Waals surface area contributed by atoms with Gasteiger partial charge in [0.1, 0.15) is 5.75 Å². The highest BCUT2D eigenvalue weighted by Gasteiger charge is 2.28. The zero-order chi connectivity index (χ0) is 14.5. The van der Waals surface area contributed by atoms with Gasteiger partial charge in [0, 0.05) is 25.3 Å². The number of ether oxygens (including phenoxy) is 1. The third-order valence-electron chi connectivity index (χ3n) is 3.54. The van der Waals surface area contributed by atoms with E-state index in [-0.39, 0.29) is 5.91 Å². The number of nitrogens with zero attached hydrogens (tertiary/aromatic N) is 1. The van der Waals surface area contributed by atoms with Crippen molar-refractivity contribution in [2.24, 2.45) is 5.73 Å². The van der Waals surface area contributed by atoms with Crippen LogP contribution in [-0.4, -0.2) is 39.2 Å². The van der Waals surface area contributed by atoms with E-state index in [0.717, 1.165) is 11.4 Å². The van der Waals surface area contributed by atoms with Crippen LogP contribution in [0.2, 0.25) is 0 Å². The molecule has 0 aliphatic carbocycles. The van der Waals surface area contributed by atoms with Crippen LogP contribution in [0, 0.1) is 0 Å². The van der Waals surface area contributed by atoms with Gasteiger partial charge in [-0.1, -0.05) is 6.07 Å². The summed E-state index contributed by atoms with van der Waals surface area (Å²) in [5.41, 5.74) is 5.77. The fraction of sp³-hybridized carbons (Fsp3) is 0.500. The molecule has 0 saturated heterocycles. The highest BCUT2D eigenvalue weighted by atomic mass is 16.5. The van der Waals surface area contributed by atoms with Gasteiger partial charge in [0.15, 0.2) is 0 Å². The van der Waals surface area contributed by atoms with Crippen molar-refractivity contribution in [2.45, 2.75) is 18.9 Å². The number of carbonyl (C=O) groups is 1. The Hall–Kier alpha value is -1.75. The molecule has 0 spiro atoms. The molecule has 1 rings (SSSR count). The third-order valence-corrected chi connectivity index (χ3v) is 3.54. The first-order chi connectivity index (χ1) is 8.92. The van der Waals surface area contributed by atoms with Gasteiger partial charge >= 0.3 is 0 Å². The Morgan fingerprint density at radius 1 is 1.53 bits per heavy atom. The molecule has 0 aromatic heterocycles. The third kappa shape index (κ3) is 3.86. The smallest absolute Gasteiger partial charge is 0.237 e. The van der Waals surface area contributed by atoms with Crippen LogP contribution in [0.25, 0.3) is 0 Å². The maximum absolute atomic E-state index is 11.4. The van der Waals surface area contributed by atoms with Gasteiger partial charge < -0.3 is 20.7 Å². The Balaban J connectivity index is 2.69. The van der Waals surface area contributed by atoms with Crippen molar-refractivity contribution >= 4 is 11.6 Å². The highest BCUT2D eigenvalue weighted by Crippen LogP contribution is 2.21. The summed E-state index contributed by atoms with van der Waals surface area (Å²) in [6.07, 6.45) is 0.631. The highest BCUT2D eigenvalue weighted by molar-refractivity contribution is 5.84. The summed E-state index contributed by atoms with van der Waals surface area (Å²) < 4.78 is 5.20. The fourth-order valence-corrected chi connectivity index (χ4v) is 1.74. The van der Waals surface area contributed by atoms with Gasteiger partial charge in [-0.2, -0.15) is 0 Å². The minimum Gasteiger partial charge on any atom is -0.497 e. The first-order valence-corrected chi connectivity index (χ1v) is 6.27. The average molecular weight is 265 g/mol. The number of nitrogens with two attached hydrogens (primary N) is 1. The molecule has 106 valence electrons. The summed E-state index contributed by atoms with van der Waals surface area (Å²) >= 11 is 0. The zero-order valence-electron chi connectivity index (χ0n) is 12.1. The van der Waals surface area contributed by atoms with Gasteiger partial charge in [-0.25, -0.2) is 0 Å². The molecule has 1 atom stereocenters. The molecule has 1 aromatic carbocycles. The number of hydrogen-bond donors (Lipinski definition) is 2. The standard InChI is InChI=1S/C14H23N3O2/c1-14(16-2,13(15)18)8-9-17(3)11-6-5-7-12(10-11)19-4/h5-7,10,16H,8-9H2,1-4H3,(H2,15,18). The molecular formula is C14H23N3O2. The number of primary amides is 1. The number of rotatable bonds is 7. The van der Waals surface area contributed by atoms with Crippen LogP contribution in [0.5, 0.6) is 5.75 Å². The maximum Gasteiger partial charge on any atom is 0.237 e. The maximum atomic E-state index is 11.4. The molecule has 1 amide bonds. The van der Waals surface area contributed by atoms with Crippen LogP contribution in [0.1, 0.15) is 13.3 Å². The Labute approximate surface area is 114 Å². The van der Waals surface area contributed by atoms with Crippen molar-refractivity contribution in [1.29, 1.82) is 0 Å². The number of benzene rings is 1. The van der Waals surface area contributed by atoms with Crippen LogP contribution in [0.15, 0.2) is 24.3 Å². The van der Waals surface area contributed by atoms with Gasteiger partial charge in [-0.3, -0.25) is 4.79 Å². The van der Waals surface area contributed by atoms with E-state index in [1.54, 1.807) is 14.2 Å². The van der Waals surface area contributed by atoms with Crippen LogP contribution in [0.3, 0.4) is 0 Å². The largest absolute Gasteiger partial charge is 0.497 e. The first-order valence-electron chi connectivity index (χ1n) is 6.27. The lowest BCUT2D eigenvalue weighted by Crippen LogP contribution is -2.53. The Bertz CT molecular complexity index is 436. The molecule has 0 fully saturated rings. The monoisotopic (exact) mass is 265 g/mol. The molecule has 0 heterocycles. The molecule has 5 heteroatoms. The minimum absolute atomic E-state index is 0.339. The molecule has 0 bridgehead atoms. The zero-order valence-corrected chi connectivity index (χ0v) is 12.1. The van der Waals surface area contributed by atoms with E-state index in [1.165, 1.54) is 0 Å². The Morgan fingerprint density at radius 2 is 2.21 bits per heavy atom. The van der Waals surface area contributed by atoms with E-state index in [1.807, 2.05) is 38.2 Å². The Kier molecular flexibility index (Phi) is 5.18. The van der Waals surface area contributed by atoms with Crippen molar-refractivity contribution in [3.8, 4) is 5.75 Å². The van der Waals surface area contributed by atoms with Crippen molar-refractivity contribution in [2.75, 3.05) is 32.6 Å². The predicted molar refractivity (Wildman–Crippen MR) is 77.5 cm³/mol. The van der Waals surface area contributed by atoms with Crippen molar-refractivity contribution in [3.05, 3.63) is 24.3 Å². The summed E-state index contributed by atoms with van der Waals surface area (Å²) in [7, 11) is 5.37. The molecule has 0 radical (unpaired) electrons.